The first-order valence-electron chi connectivity index (χ1n) is 12.6. The highest BCUT2D eigenvalue weighted by molar-refractivity contribution is 6.32. The number of carbonyl (C=O) groups excluding carboxylic acids is 2. The first kappa shape index (κ1) is 27.8. The lowest BCUT2D eigenvalue weighted by molar-refractivity contribution is 0.0936. The summed E-state index contributed by atoms with van der Waals surface area (Å²) in [5, 5.41) is 30.0. The lowest BCUT2D eigenvalue weighted by Crippen LogP contribution is -2.35. The molecule has 0 aliphatic heterocycles. The molecular formula is C26H23ClF2N10O2. The summed E-state index contributed by atoms with van der Waals surface area (Å²) in [7, 11) is 0. The van der Waals surface area contributed by atoms with Crippen molar-refractivity contribution in [2.45, 2.75) is 45.7 Å². The van der Waals surface area contributed by atoms with Crippen LogP contribution < -0.4 is 10.6 Å². The minimum Gasteiger partial charge on any atom is -0.349 e. The van der Waals surface area contributed by atoms with Gasteiger partial charge < -0.3 is 10.6 Å². The molecule has 0 bridgehead atoms. The number of hydrogen-bond donors (Lipinski definition) is 2. The monoisotopic (exact) mass is 580 g/mol. The Morgan fingerprint density at radius 2 is 2.02 bits per heavy atom. The second-order valence-corrected chi connectivity index (χ2v) is 10.0. The summed E-state index contributed by atoms with van der Waals surface area (Å²) in [5.74, 6) is -1.28. The van der Waals surface area contributed by atoms with Crippen LogP contribution in [-0.2, 0) is 6.54 Å². The summed E-state index contributed by atoms with van der Waals surface area (Å²) < 4.78 is 28.7. The largest absolute Gasteiger partial charge is 0.349 e. The Morgan fingerprint density at radius 3 is 2.71 bits per heavy atom. The number of anilines is 1. The Balaban J connectivity index is 1.52. The number of benzene rings is 1. The van der Waals surface area contributed by atoms with Gasteiger partial charge in [-0.2, -0.15) is 10.4 Å². The molecule has 3 aromatic heterocycles. The molecule has 1 aromatic carbocycles. The number of pyridine rings is 1. The molecule has 4 aromatic rings. The fourth-order valence-corrected chi connectivity index (χ4v) is 4.57. The number of aryl methyl sites for hydroxylation is 1. The summed E-state index contributed by atoms with van der Waals surface area (Å²) in [6.07, 6.45) is 0.573. The molecule has 1 aliphatic rings. The first-order chi connectivity index (χ1) is 19.7. The van der Waals surface area contributed by atoms with Crippen LogP contribution in [0.15, 0.2) is 36.5 Å². The van der Waals surface area contributed by atoms with Crippen molar-refractivity contribution < 1.29 is 18.4 Å². The summed E-state index contributed by atoms with van der Waals surface area (Å²) >= 11 is 6.34. The molecule has 2 N–H and O–H groups in total. The third-order valence-electron chi connectivity index (χ3n) is 6.63. The molecule has 0 saturated heterocycles. The zero-order valence-electron chi connectivity index (χ0n) is 21.8. The van der Waals surface area contributed by atoms with Gasteiger partial charge in [-0.3, -0.25) is 9.59 Å². The number of nitrogens with one attached hydrogen (secondary N) is 2. The van der Waals surface area contributed by atoms with Gasteiger partial charge in [-0.15, -0.1) is 5.10 Å². The number of alkyl halides is 2. The number of carbonyl (C=O) groups is 2. The van der Waals surface area contributed by atoms with E-state index >= 15 is 0 Å². The maximum Gasteiger partial charge on any atom is 0.298 e. The number of hydrogen-bond acceptors (Lipinski definition) is 8. The number of nitriles is 1. The number of rotatable bonds is 9. The minimum absolute atomic E-state index is 0.0475. The van der Waals surface area contributed by atoms with Gasteiger partial charge in [0.1, 0.15) is 5.69 Å². The van der Waals surface area contributed by atoms with Crippen LogP contribution in [0.2, 0.25) is 5.02 Å². The van der Waals surface area contributed by atoms with E-state index in [4.69, 9.17) is 11.6 Å². The van der Waals surface area contributed by atoms with Gasteiger partial charge in [0.05, 0.1) is 40.1 Å². The van der Waals surface area contributed by atoms with Crippen molar-refractivity contribution in [3.8, 4) is 11.9 Å². The Kier molecular flexibility index (Phi) is 7.71. The van der Waals surface area contributed by atoms with E-state index in [0.717, 1.165) is 17.5 Å². The Morgan fingerprint density at radius 1 is 1.24 bits per heavy atom. The fraction of sp³-hybridized carbons (Fsp3) is 0.308. The molecule has 1 saturated carbocycles. The molecule has 1 atom stereocenters. The maximum absolute atomic E-state index is 13.7. The topological polar surface area (TPSA) is 156 Å². The zero-order chi connectivity index (χ0) is 29.3. The standard InChI is InChI=1S/C26H23ClF2N10O2/c1-13-8-15(11-30)9-18(25(40)32-14(2)16-5-6-16)21(13)33-26(41)20-10-17(12-38-24(22(28)29)34-36-37-38)35-39(20)23-19(27)4-3-7-31-23/h3-4,7-10,14,16,22H,5-6,12H2,1-2H3,(H,32,40)(H,33,41). The molecule has 210 valence electrons. The summed E-state index contributed by atoms with van der Waals surface area (Å²) in [4.78, 5) is 31.2. The summed E-state index contributed by atoms with van der Waals surface area (Å²) in [6.45, 7) is 3.31. The van der Waals surface area contributed by atoms with Crippen molar-refractivity contribution in [3.63, 3.8) is 0 Å². The average Bonchev–Trinajstić information content (AvgIpc) is 3.56. The van der Waals surface area contributed by atoms with Gasteiger partial charge in [-0.25, -0.2) is 23.1 Å². The second-order valence-electron chi connectivity index (χ2n) is 9.62. The van der Waals surface area contributed by atoms with Gasteiger partial charge in [0, 0.05) is 12.2 Å². The van der Waals surface area contributed by atoms with E-state index in [1.165, 1.54) is 23.0 Å². The van der Waals surface area contributed by atoms with Crippen LogP contribution in [-0.4, -0.2) is 52.8 Å². The molecule has 41 heavy (non-hydrogen) atoms. The van der Waals surface area contributed by atoms with Gasteiger partial charge in [0.2, 0.25) is 5.82 Å². The molecule has 0 radical (unpaired) electrons. The Labute approximate surface area is 237 Å². The van der Waals surface area contributed by atoms with Gasteiger partial charge in [-0.1, -0.05) is 11.6 Å². The molecule has 0 spiro atoms. The van der Waals surface area contributed by atoms with Crippen LogP contribution in [0.4, 0.5) is 14.5 Å². The molecule has 1 aliphatic carbocycles. The summed E-state index contributed by atoms with van der Waals surface area (Å²) in [6, 6.07) is 9.45. The predicted molar refractivity (Wildman–Crippen MR) is 142 cm³/mol. The number of tetrazole rings is 1. The van der Waals surface area contributed by atoms with Crippen LogP contribution >= 0.6 is 11.6 Å². The maximum atomic E-state index is 13.7. The van der Waals surface area contributed by atoms with E-state index in [1.807, 2.05) is 13.0 Å². The second kappa shape index (κ2) is 11.4. The molecule has 3 heterocycles. The van der Waals surface area contributed by atoms with E-state index in [2.05, 4.69) is 36.2 Å². The first-order valence-corrected chi connectivity index (χ1v) is 12.9. The highest BCUT2D eigenvalue weighted by Gasteiger charge is 2.30. The van der Waals surface area contributed by atoms with Gasteiger partial charge in [0.25, 0.3) is 18.2 Å². The smallest absolute Gasteiger partial charge is 0.298 e. The molecule has 1 fully saturated rings. The molecule has 2 amide bonds. The molecule has 12 nitrogen and oxygen atoms in total. The molecule has 15 heteroatoms. The van der Waals surface area contributed by atoms with E-state index in [9.17, 15) is 23.6 Å². The highest BCUT2D eigenvalue weighted by atomic mass is 35.5. The van der Waals surface area contributed by atoms with Gasteiger partial charge in [0.15, 0.2) is 5.82 Å². The minimum atomic E-state index is -2.92. The molecule has 1 unspecified atom stereocenters. The van der Waals surface area contributed by atoms with E-state index < -0.39 is 24.1 Å². The van der Waals surface area contributed by atoms with Crippen LogP contribution in [0, 0.1) is 24.2 Å². The lowest BCUT2D eigenvalue weighted by atomic mass is 10.0. The van der Waals surface area contributed by atoms with Crippen molar-refractivity contribution in [2.24, 2.45) is 5.92 Å². The van der Waals surface area contributed by atoms with Crippen molar-refractivity contribution in [1.29, 1.82) is 5.26 Å². The normalized spacial score (nSPS) is 13.6. The predicted octanol–water partition coefficient (Wildman–Crippen LogP) is 3.85. The van der Waals surface area contributed by atoms with Crippen molar-refractivity contribution in [3.05, 3.63) is 75.5 Å². The third kappa shape index (κ3) is 5.90. The SMILES string of the molecule is Cc1cc(C#N)cc(C(=O)NC(C)C2CC2)c1NC(=O)c1cc(Cn2nnnc2C(F)F)nn1-c1ncccc1Cl. The number of aromatic nitrogens is 7. The van der Waals surface area contributed by atoms with Crippen LogP contribution in [0.5, 0.6) is 0 Å². The van der Waals surface area contributed by atoms with Crippen LogP contribution in [0.3, 0.4) is 0 Å². The Hall–Kier alpha value is -4.77. The number of amides is 2. The average molecular weight is 581 g/mol. The quantitative estimate of drug-likeness (QED) is 0.302. The van der Waals surface area contributed by atoms with E-state index in [0.29, 0.717) is 11.5 Å². The van der Waals surface area contributed by atoms with Gasteiger partial charge >= 0.3 is 0 Å². The van der Waals surface area contributed by atoms with E-state index in [1.54, 1.807) is 25.1 Å². The third-order valence-corrected chi connectivity index (χ3v) is 6.93. The van der Waals surface area contributed by atoms with Gasteiger partial charge in [-0.05, 0) is 78.9 Å². The molecular weight excluding hydrogens is 558 g/mol. The summed E-state index contributed by atoms with van der Waals surface area (Å²) in [5.41, 5.74) is 1.19. The van der Waals surface area contributed by atoms with Crippen LogP contribution in [0.25, 0.3) is 5.82 Å². The Bertz CT molecular complexity index is 1670. The number of nitrogens with zero attached hydrogens (tertiary/aromatic N) is 8. The van der Waals surface area contributed by atoms with E-state index in [-0.39, 0.29) is 51.6 Å². The lowest BCUT2D eigenvalue weighted by Gasteiger charge is -2.18. The zero-order valence-corrected chi connectivity index (χ0v) is 22.6. The van der Waals surface area contributed by atoms with Crippen molar-refractivity contribution >= 4 is 29.1 Å². The number of halogens is 3. The van der Waals surface area contributed by atoms with Crippen molar-refractivity contribution in [2.75, 3.05) is 5.32 Å². The fourth-order valence-electron chi connectivity index (χ4n) is 4.37. The molecule has 5 rings (SSSR count). The highest BCUT2D eigenvalue weighted by Crippen LogP contribution is 2.33. The van der Waals surface area contributed by atoms with Crippen molar-refractivity contribution in [1.82, 2.24) is 40.3 Å². The van der Waals surface area contributed by atoms with Crippen LogP contribution in [0.1, 0.15) is 69.7 Å².